The van der Waals surface area contributed by atoms with Crippen molar-refractivity contribution in [2.24, 2.45) is 0 Å². The fraction of sp³-hybridized carbons (Fsp3) is 0.500. The summed E-state index contributed by atoms with van der Waals surface area (Å²) in [6.45, 7) is 5.57. The van der Waals surface area contributed by atoms with E-state index in [1.807, 2.05) is 0 Å². The molecular formula is C18H24BrN3. The average Bonchev–Trinajstić information content (AvgIpc) is 2.73. The molecule has 0 saturated heterocycles. The summed E-state index contributed by atoms with van der Waals surface area (Å²) in [5, 5.41) is 8.63. The number of aromatic nitrogens is 2. The third kappa shape index (κ3) is 2.94. The Hall–Kier alpha value is -1.29. The molecule has 2 heterocycles. The molecule has 0 atom stereocenters. The van der Waals surface area contributed by atoms with E-state index in [1.165, 1.54) is 29.9 Å². The lowest BCUT2D eigenvalue weighted by molar-refractivity contribution is 0.605. The maximum atomic E-state index is 5.01. The summed E-state index contributed by atoms with van der Waals surface area (Å²) in [4.78, 5) is 0. The molecular weight excluding hydrogens is 338 g/mol. The van der Waals surface area contributed by atoms with E-state index in [-0.39, 0.29) is 0 Å². The number of nitrogens with zero attached hydrogens (tertiary/aromatic N) is 2. The molecule has 1 aromatic carbocycles. The van der Waals surface area contributed by atoms with Crippen LogP contribution >= 0.6 is 15.9 Å². The second kappa shape index (κ2) is 6.86. The Morgan fingerprint density at radius 3 is 2.59 bits per heavy atom. The minimum absolute atomic E-state index is 0.561. The molecule has 3 rings (SSSR count). The molecule has 2 aromatic rings. The zero-order valence-corrected chi connectivity index (χ0v) is 15.0. The van der Waals surface area contributed by atoms with Crippen molar-refractivity contribution in [2.45, 2.75) is 51.9 Å². The normalized spacial score (nSPS) is 14.5. The highest BCUT2D eigenvalue weighted by Gasteiger charge is 2.24. The standard InChI is InChI=1S/C18H24BrN3/c1-3-13(4-2)17-16-7-5-6-12-20-18(16)22(21-17)15-10-8-14(19)9-11-15/h8-11,13,20H,3-7,12H2,1-2H3. The lowest BCUT2D eigenvalue weighted by Crippen LogP contribution is -2.07. The molecule has 0 amide bonds. The van der Waals surface area contributed by atoms with Crippen molar-refractivity contribution < 1.29 is 0 Å². The van der Waals surface area contributed by atoms with Gasteiger partial charge in [-0.2, -0.15) is 5.10 Å². The van der Waals surface area contributed by atoms with Crippen LogP contribution in [0.3, 0.4) is 0 Å². The molecule has 0 saturated carbocycles. The van der Waals surface area contributed by atoms with E-state index in [0.717, 1.165) is 36.0 Å². The first kappa shape index (κ1) is 15.6. The summed E-state index contributed by atoms with van der Waals surface area (Å²) in [7, 11) is 0. The highest BCUT2D eigenvalue weighted by Crippen LogP contribution is 2.34. The molecule has 0 unspecified atom stereocenters. The number of hydrogen-bond donors (Lipinski definition) is 1. The summed E-state index contributed by atoms with van der Waals surface area (Å²) < 4.78 is 3.21. The summed E-state index contributed by atoms with van der Waals surface area (Å²) in [6.07, 6.45) is 5.93. The Kier molecular flexibility index (Phi) is 4.87. The van der Waals surface area contributed by atoms with Gasteiger partial charge < -0.3 is 5.32 Å². The second-order valence-electron chi connectivity index (χ2n) is 6.00. The van der Waals surface area contributed by atoms with Crippen molar-refractivity contribution in [3.05, 3.63) is 40.0 Å². The maximum absolute atomic E-state index is 5.01. The van der Waals surface area contributed by atoms with Gasteiger partial charge in [0.25, 0.3) is 0 Å². The largest absolute Gasteiger partial charge is 0.370 e. The SMILES string of the molecule is CCC(CC)c1nn(-c2ccc(Br)cc2)c2c1CCCCN2. The van der Waals surface area contributed by atoms with Crippen LogP contribution in [-0.2, 0) is 6.42 Å². The van der Waals surface area contributed by atoms with Crippen molar-refractivity contribution in [1.82, 2.24) is 9.78 Å². The van der Waals surface area contributed by atoms with Crippen LogP contribution < -0.4 is 5.32 Å². The topological polar surface area (TPSA) is 29.9 Å². The zero-order chi connectivity index (χ0) is 15.5. The number of rotatable bonds is 4. The first-order chi connectivity index (χ1) is 10.7. The van der Waals surface area contributed by atoms with E-state index in [1.54, 1.807) is 0 Å². The monoisotopic (exact) mass is 361 g/mol. The van der Waals surface area contributed by atoms with Crippen LogP contribution in [0, 0.1) is 0 Å². The van der Waals surface area contributed by atoms with Gasteiger partial charge in [-0.15, -0.1) is 0 Å². The van der Waals surface area contributed by atoms with Crippen molar-refractivity contribution in [2.75, 3.05) is 11.9 Å². The second-order valence-corrected chi connectivity index (χ2v) is 6.91. The van der Waals surface area contributed by atoms with E-state index < -0.39 is 0 Å². The van der Waals surface area contributed by atoms with Crippen molar-refractivity contribution >= 4 is 21.7 Å². The van der Waals surface area contributed by atoms with E-state index >= 15 is 0 Å². The lowest BCUT2D eigenvalue weighted by Gasteiger charge is -2.11. The molecule has 0 bridgehead atoms. The smallest absolute Gasteiger partial charge is 0.133 e. The predicted octanol–water partition coefficient (Wildman–Crippen LogP) is 5.29. The van der Waals surface area contributed by atoms with E-state index in [9.17, 15) is 0 Å². The number of halogens is 1. The molecule has 1 N–H and O–H groups in total. The molecule has 4 heteroatoms. The molecule has 0 spiro atoms. The maximum Gasteiger partial charge on any atom is 0.133 e. The zero-order valence-electron chi connectivity index (χ0n) is 13.4. The first-order valence-electron chi connectivity index (χ1n) is 8.36. The van der Waals surface area contributed by atoms with Crippen molar-refractivity contribution in [3.63, 3.8) is 0 Å². The predicted molar refractivity (Wildman–Crippen MR) is 96.0 cm³/mol. The summed E-state index contributed by atoms with van der Waals surface area (Å²) in [5.74, 6) is 1.77. The van der Waals surface area contributed by atoms with Crippen LogP contribution in [-0.4, -0.2) is 16.3 Å². The van der Waals surface area contributed by atoms with Gasteiger partial charge in [0.15, 0.2) is 0 Å². The lowest BCUT2D eigenvalue weighted by atomic mass is 9.94. The summed E-state index contributed by atoms with van der Waals surface area (Å²) in [5.41, 5.74) is 3.87. The van der Waals surface area contributed by atoms with Crippen LogP contribution in [0.4, 0.5) is 5.82 Å². The van der Waals surface area contributed by atoms with Crippen LogP contribution in [0.25, 0.3) is 5.69 Å². The molecule has 0 fully saturated rings. The van der Waals surface area contributed by atoms with Gasteiger partial charge in [-0.25, -0.2) is 4.68 Å². The van der Waals surface area contributed by atoms with E-state index in [2.05, 4.69) is 64.0 Å². The number of benzene rings is 1. The van der Waals surface area contributed by atoms with Gasteiger partial charge in [-0.05, 0) is 56.4 Å². The van der Waals surface area contributed by atoms with Crippen molar-refractivity contribution in [1.29, 1.82) is 0 Å². The Bertz CT molecular complexity index is 627. The quantitative estimate of drug-likeness (QED) is 0.801. The Morgan fingerprint density at radius 2 is 1.91 bits per heavy atom. The minimum Gasteiger partial charge on any atom is -0.370 e. The molecule has 3 nitrogen and oxygen atoms in total. The van der Waals surface area contributed by atoms with Gasteiger partial charge in [-0.3, -0.25) is 0 Å². The fourth-order valence-corrected chi connectivity index (χ4v) is 3.57. The molecule has 1 aliphatic rings. The first-order valence-corrected chi connectivity index (χ1v) is 9.15. The van der Waals surface area contributed by atoms with Gasteiger partial charge in [-0.1, -0.05) is 29.8 Å². The fourth-order valence-electron chi connectivity index (χ4n) is 3.30. The Balaban J connectivity index is 2.11. The molecule has 0 aliphatic carbocycles. The Labute approximate surface area is 141 Å². The van der Waals surface area contributed by atoms with Gasteiger partial charge in [0.1, 0.15) is 5.82 Å². The average molecular weight is 362 g/mol. The van der Waals surface area contributed by atoms with Gasteiger partial charge >= 0.3 is 0 Å². The third-order valence-corrected chi connectivity index (χ3v) is 5.13. The van der Waals surface area contributed by atoms with Gasteiger partial charge in [0.2, 0.25) is 0 Å². The van der Waals surface area contributed by atoms with Crippen LogP contribution in [0.5, 0.6) is 0 Å². The molecule has 1 aromatic heterocycles. The molecule has 1 aliphatic heterocycles. The summed E-state index contributed by atoms with van der Waals surface area (Å²) in [6, 6.07) is 8.41. The molecule has 0 radical (unpaired) electrons. The van der Waals surface area contributed by atoms with Crippen LogP contribution in [0.1, 0.15) is 56.7 Å². The minimum atomic E-state index is 0.561. The van der Waals surface area contributed by atoms with Gasteiger partial charge in [0, 0.05) is 22.5 Å². The highest BCUT2D eigenvalue weighted by atomic mass is 79.9. The van der Waals surface area contributed by atoms with Crippen molar-refractivity contribution in [3.8, 4) is 5.69 Å². The van der Waals surface area contributed by atoms with Gasteiger partial charge in [0.05, 0.1) is 11.4 Å². The van der Waals surface area contributed by atoms with E-state index in [0.29, 0.717) is 5.92 Å². The van der Waals surface area contributed by atoms with E-state index in [4.69, 9.17) is 5.10 Å². The Morgan fingerprint density at radius 1 is 1.18 bits per heavy atom. The summed E-state index contributed by atoms with van der Waals surface area (Å²) >= 11 is 3.51. The third-order valence-electron chi connectivity index (χ3n) is 4.60. The highest BCUT2D eigenvalue weighted by molar-refractivity contribution is 9.10. The van der Waals surface area contributed by atoms with Crippen LogP contribution in [0.15, 0.2) is 28.7 Å². The number of anilines is 1. The molecule has 118 valence electrons. The number of fused-ring (bicyclic) bond motifs is 1. The molecule has 22 heavy (non-hydrogen) atoms. The number of hydrogen-bond acceptors (Lipinski definition) is 2. The van der Waals surface area contributed by atoms with Crippen LogP contribution in [0.2, 0.25) is 0 Å². The number of nitrogens with one attached hydrogen (secondary N) is 1.